The first kappa shape index (κ1) is 16.1. The summed E-state index contributed by atoms with van der Waals surface area (Å²) in [6, 6.07) is 10.2. The van der Waals surface area contributed by atoms with E-state index in [1.54, 1.807) is 11.0 Å². The van der Waals surface area contributed by atoms with Gasteiger partial charge in [0, 0.05) is 5.41 Å². The van der Waals surface area contributed by atoms with Crippen LogP contribution in [0.1, 0.15) is 19.4 Å². The Morgan fingerprint density at radius 3 is 2.70 bits per heavy atom. The molecule has 1 fully saturated rings. The van der Waals surface area contributed by atoms with Crippen LogP contribution in [0.2, 0.25) is 0 Å². The van der Waals surface area contributed by atoms with Crippen LogP contribution in [-0.4, -0.2) is 45.0 Å². The molecular weight excluding hydrogens is 294 g/mol. The van der Waals surface area contributed by atoms with Gasteiger partial charge in [-0.15, -0.1) is 0 Å². The molecule has 2 heterocycles. The second-order valence-electron chi connectivity index (χ2n) is 6.71. The van der Waals surface area contributed by atoms with E-state index in [0.717, 1.165) is 6.42 Å². The lowest BCUT2D eigenvalue weighted by Gasteiger charge is -2.45. The maximum absolute atomic E-state index is 11.6. The first-order valence-electron chi connectivity index (χ1n) is 7.79. The minimum atomic E-state index is -1.13. The first-order valence-corrected chi connectivity index (χ1v) is 7.79. The Balaban J connectivity index is 1.89. The van der Waals surface area contributed by atoms with Gasteiger partial charge in [0.1, 0.15) is 31.2 Å². The second kappa shape index (κ2) is 6.39. The van der Waals surface area contributed by atoms with E-state index in [4.69, 9.17) is 9.47 Å². The van der Waals surface area contributed by atoms with Crippen LogP contribution in [0.4, 0.5) is 0 Å². The van der Waals surface area contributed by atoms with Crippen LogP contribution in [0.5, 0.6) is 0 Å². The molecule has 0 amide bonds. The summed E-state index contributed by atoms with van der Waals surface area (Å²) in [5, 5.41) is 15.7. The molecule has 1 aromatic heterocycles. The summed E-state index contributed by atoms with van der Waals surface area (Å²) in [5.74, 6) is 0. The number of ether oxygens (including phenoxy) is 2. The molecule has 0 radical (unpaired) electrons. The van der Waals surface area contributed by atoms with Crippen LogP contribution >= 0.6 is 0 Å². The molecule has 0 spiro atoms. The molecule has 0 bridgehead atoms. The third-order valence-corrected chi connectivity index (χ3v) is 4.68. The molecule has 1 aromatic carbocycles. The van der Waals surface area contributed by atoms with Crippen LogP contribution in [0.3, 0.4) is 0 Å². The zero-order chi connectivity index (χ0) is 16.3. The van der Waals surface area contributed by atoms with E-state index in [9.17, 15) is 5.11 Å². The van der Waals surface area contributed by atoms with Gasteiger partial charge in [-0.2, -0.15) is 5.10 Å². The highest BCUT2D eigenvalue weighted by Crippen LogP contribution is 2.40. The van der Waals surface area contributed by atoms with E-state index < -0.39 is 17.1 Å². The van der Waals surface area contributed by atoms with Crippen molar-refractivity contribution >= 4 is 0 Å². The summed E-state index contributed by atoms with van der Waals surface area (Å²) < 4.78 is 12.6. The van der Waals surface area contributed by atoms with E-state index in [1.165, 1.54) is 11.9 Å². The Morgan fingerprint density at radius 1 is 1.30 bits per heavy atom. The Hall–Kier alpha value is -1.76. The van der Waals surface area contributed by atoms with Crippen molar-refractivity contribution in [1.82, 2.24) is 14.8 Å². The maximum Gasteiger partial charge on any atom is 0.147 e. The highest BCUT2D eigenvalue weighted by atomic mass is 16.7. The molecular formula is C17H23N3O3. The molecule has 1 aliphatic rings. The standard InChI is InChI=1S/C17H23N3O3/c1-16(2,8-14-6-4-3-5-7-14)17(21,15-9-22-13-23-15)10-20-12-18-11-19-20/h3-7,11-12,15,21H,8-10,13H2,1-2H3. The molecule has 2 atom stereocenters. The average Bonchev–Trinajstić information content (AvgIpc) is 3.21. The zero-order valence-electron chi connectivity index (χ0n) is 13.6. The summed E-state index contributed by atoms with van der Waals surface area (Å²) in [6.45, 7) is 5.01. The van der Waals surface area contributed by atoms with Crippen LogP contribution in [0.25, 0.3) is 0 Å². The van der Waals surface area contributed by atoms with Gasteiger partial charge in [0.2, 0.25) is 0 Å². The Morgan fingerprint density at radius 2 is 2.09 bits per heavy atom. The molecule has 1 N–H and O–H groups in total. The van der Waals surface area contributed by atoms with Crippen LogP contribution in [-0.2, 0) is 22.4 Å². The van der Waals surface area contributed by atoms with Gasteiger partial charge >= 0.3 is 0 Å². The number of aliphatic hydroxyl groups is 1. The molecule has 23 heavy (non-hydrogen) atoms. The minimum absolute atomic E-state index is 0.214. The van der Waals surface area contributed by atoms with E-state index in [1.807, 2.05) is 18.2 Å². The van der Waals surface area contributed by atoms with Crippen LogP contribution in [0.15, 0.2) is 43.0 Å². The van der Waals surface area contributed by atoms with Crippen molar-refractivity contribution in [3.63, 3.8) is 0 Å². The Labute approximate surface area is 136 Å². The van der Waals surface area contributed by atoms with Crippen molar-refractivity contribution in [3.8, 4) is 0 Å². The molecule has 6 nitrogen and oxygen atoms in total. The van der Waals surface area contributed by atoms with Gasteiger partial charge in [0.25, 0.3) is 0 Å². The molecule has 6 heteroatoms. The lowest BCUT2D eigenvalue weighted by molar-refractivity contribution is -0.160. The molecule has 124 valence electrons. The van der Waals surface area contributed by atoms with E-state index in [2.05, 4.69) is 36.1 Å². The lowest BCUT2D eigenvalue weighted by atomic mass is 9.68. The van der Waals surface area contributed by atoms with Gasteiger partial charge in [-0.05, 0) is 12.0 Å². The molecule has 1 aliphatic heterocycles. The van der Waals surface area contributed by atoms with E-state index in [-0.39, 0.29) is 6.79 Å². The summed E-state index contributed by atoms with van der Waals surface area (Å²) >= 11 is 0. The largest absolute Gasteiger partial charge is 0.385 e. The number of rotatable bonds is 6. The molecule has 0 saturated carbocycles. The maximum atomic E-state index is 11.6. The third kappa shape index (κ3) is 3.29. The second-order valence-corrected chi connectivity index (χ2v) is 6.71. The Kier molecular flexibility index (Phi) is 4.48. The number of nitrogens with zero attached hydrogens (tertiary/aromatic N) is 3. The van der Waals surface area contributed by atoms with Crippen molar-refractivity contribution in [3.05, 3.63) is 48.5 Å². The molecule has 2 aromatic rings. The Bertz CT molecular complexity index is 609. The van der Waals surface area contributed by atoms with Gasteiger partial charge in [-0.1, -0.05) is 44.2 Å². The van der Waals surface area contributed by atoms with Crippen molar-refractivity contribution in [2.24, 2.45) is 5.41 Å². The highest BCUT2D eigenvalue weighted by molar-refractivity contribution is 5.18. The van der Waals surface area contributed by atoms with E-state index >= 15 is 0 Å². The fourth-order valence-electron chi connectivity index (χ4n) is 3.18. The fourth-order valence-corrected chi connectivity index (χ4v) is 3.18. The quantitative estimate of drug-likeness (QED) is 0.877. The van der Waals surface area contributed by atoms with Crippen molar-refractivity contribution in [2.75, 3.05) is 13.4 Å². The normalized spacial score (nSPS) is 21.3. The van der Waals surface area contributed by atoms with Gasteiger partial charge in [0.15, 0.2) is 0 Å². The molecule has 1 saturated heterocycles. The van der Waals surface area contributed by atoms with Gasteiger partial charge in [0.05, 0.1) is 13.2 Å². The number of aromatic nitrogens is 3. The lowest BCUT2D eigenvalue weighted by Crippen LogP contribution is -2.58. The van der Waals surface area contributed by atoms with Crippen molar-refractivity contribution in [1.29, 1.82) is 0 Å². The van der Waals surface area contributed by atoms with Crippen LogP contribution < -0.4 is 0 Å². The first-order chi connectivity index (χ1) is 11.0. The summed E-state index contributed by atoms with van der Waals surface area (Å²) in [5.41, 5.74) is -0.403. The van der Waals surface area contributed by atoms with Crippen molar-refractivity contribution < 1.29 is 14.6 Å². The topological polar surface area (TPSA) is 69.4 Å². The smallest absolute Gasteiger partial charge is 0.147 e. The minimum Gasteiger partial charge on any atom is -0.385 e. The molecule has 2 unspecified atom stereocenters. The summed E-state index contributed by atoms with van der Waals surface area (Å²) in [4.78, 5) is 3.97. The average molecular weight is 317 g/mol. The predicted molar refractivity (Wildman–Crippen MR) is 84.6 cm³/mol. The van der Waals surface area contributed by atoms with Crippen molar-refractivity contribution in [2.45, 2.75) is 38.5 Å². The van der Waals surface area contributed by atoms with Gasteiger partial charge in [-0.3, -0.25) is 0 Å². The fraction of sp³-hybridized carbons (Fsp3) is 0.529. The summed E-state index contributed by atoms with van der Waals surface area (Å²) in [6.07, 6.45) is 3.40. The predicted octanol–water partition coefficient (Wildman–Crippen LogP) is 1.65. The SMILES string of the molecule is CC(C)(Cc1ccccc1)C(O)(Cn1cncn1)C1COCO1. The van der Waals surface area contributed by atoms with Gasteiger partial charge in [-0.25, -0.2) is 9.67 Å². The highest BCUT2D eigenvalue weighted by Gasteiger charge is 2.52. The van der Waals surface area contributed by atoms with E-state index in [0.29, 0.717) is 13.2 Å². The number of hydrogen-bond acceptors (Lipinski definition) is 5. The number of benzene rings is 1. The van der Waals surface area contributed by atoms with Crippen LogP contribution in [0, 0.1) is 5.41 Å². The third-order valence-electron chi connectivity index (χ3n) is 4.68. The molecule has 0 aliphatic carbocycles. The zero-order valence-corrected chi connectivity index (χ0v) is 13.6. The molecule has 3 rings (SSSR count). The summed E-state index contributed by atoms with van der Waals surface area (Å²) in [7, 11) is 0. The monoisotopic (exact) mass is 317 g/mol. The van der Waals surface area contributed by atoms with Gasteiger partial charge < -0.3 is 14.6 Å². The number of hydrogen-bond donors (Lipinski definition) is 1.